The first-order valence-corrected chi connectivity index (χ1v) is 11.7. The van der Waals surface area contributed by atoms with Gasteiger partial charge in [-0.15, -0.1) is 0 Å². The summed E-state index contributed by atoms with van der Waals surface area (Å²) in [5, 5.41) is 7.31. The molecule has 0 atom stereocenters. The fourth-order valence-corrected chi connectivity index (χ4v) is 4.64. The van der Waals surface area contributed by atoms with E-state index in [1.54, 1.807) is 23.4 Å². The average Bonchev–Trinajstić information content (AvgIpc) is 3.20. The van der Waals surface area contributed by atoms with E-state index in [0.717, 1.165) is 27.0 Å². The Balaban J connectivity index is 1.15. The zero-order chi connectivity index (χ0) is 22.5. The first-order valence-electron chi connectivity index (χ1n) is 10.9. The lowest BCUT2D eigenvalue weighted by Crippen LogP contribution is -2.22. The van der Waals surface area contributed by atoms with Gasteiger partial charge in [-0.25, -0.2) is 9.97 Å². The van der Waals surface area contributed by atoms with Crippen LogP contribution in [0.15, 0.2) is 59.9 Å². The first kappa shape index (κ1) is 20.2. The molecule has 1 aliphatic rings. The van der Waals surface area contributed by atoms with Crippen molar-refractivity contribution in [1.29, 1.82) is 0 Å². The molecule has 1 saturated carbocycles. The maximum Gasteiger partial charge on any atom is 0.254 e. The van der Waals surface area contributed by atoms with Gasteiger partial charge >= 0.3 is 0 Å². The summed E-state index contributed by atoms with van der Waals surface area (Å²) in [6.07, 6.45) is 11.6. The summed E-state index contributed by atoms with van der Waals surface area (Å²) in [6.45, 7) is 3.00. The maximum absolute atomic E-state index is 12.7. The molecule has 0 unspecified atom stereocenters. The number of pyridine rings is 2. The molecule has 8 nitrogen and oxygen atoms in total. The number of rotatable bonds is 6. The van der Waals surface area contributed by atoms with E-state index in [1.807, 2.05) is 22.7 Å². The Morgan fingerprint density at radius 3 is 2.97 bits per heavy atom. The molecule has 0 bridgehead atoms. The van der Waals surface area contributed by atoms with Crippen LogP contribution in [0.2, 0.25) is 0 Å². The minimum absolute atomic E-state index is 0.183. The molecule has 1 fully saturated rings. The number of aromatic nitrogens is 6. The minimum Gasteiger partial charge on any atom is -0.346 e. The van der Waals surface area contributed by atoms with E-state index in [0.29, 0.717) is 24.6 Å². The van der Waals surface area contributed by atoms with Gasteiger partial charge in [0.15, 0.2) is 0 Å². The number of aryl methyl sites for hydroxylation is 1. The molecular formula is C24H22BrN7O. The van der Waals surface area contributed by atoms with Crippen LogP contribution in [0.3, 0.4) is 0 Å². The minimum atomic E-state index is -0.183. The molecule has 1 aliphatic carbocycles. The standard InChI is InChI=1S/C24H22BrN7O/c1-15-20(16-2-3-16)4-5-23-29-19(13-32(15)23)12-31-11-17(9-28-31)24(33)26-10-21-22-8-18(25)6-7-30(22)14-27-21/h4-9,11,13-14,16H,2-3,10,12H2,1H3,(H,26,33). The highest BCUT2D eigenvalue weighted by molar-refractivity contribution is 9.10. The summed E-state index contributed by atoms with van der Waals surface area (Å²) in [6, 6.07) is 8.22. The second kappa shape index (κ2) is 7.84. The van der Waals surface area contributed by atoms with E-state index in [9.17, 15) is 4.79 Å². The van der Waals surface area contributed by atoms with Crippen molar-refractivity contribution in [3.05, 3.63) is 88.1 Å². The van der Waals surface area contributed by atoms with Crippen molar-refractivity contribution in [1.82, 2.24) is 33.9 Å². The fourth-order valence-electron chi connectivity index (χ4n) is 4.31. The molecule has 0 saturated heterocycles. The third kappa shape index (κ3) is 3.82. The maximum atomic E-state index is 12.7. The van der Waals surface area contributed by atoms with E-state index >= 15 is 0 Å². The number of hydrogen-bond donors (Lipinski definition) is 1. The highest BCUT2D eigenvalue weighted by Gasteiger charge is 2.26. The van der Waals surface area contributed by atoms with E-state index < -0.39 is 0 Å². The summed E-state index contributed by atoms with van der Waals surface area (Å²) in [7, 11) is 0. The van der Waals surface area contributed by atoms with Gasteiger partial charge in [0.25, 0.3) is 5.91 Å². The summed E-state index contributed by atoms with van der Waals surface area (Å²) in [5.74, 6) is 0.520. The molecule has 1 amide bonds. The molecule has 0 radical (unpaired) electrons. The molecular weight excluding hydrogens is 482 g/mol. The molecule has 0 aliphatic heterocycles. The third-order valence-corrected chi connectivity index (χ3v) is 6.70. The number of carbonyl (C=O) groups is 1. The smallest absolute Gasteiger partial charge is 0.254 e. The van der Waals surface area contributed by atoms with Gasteiger partial charge in [0.2, 0.25) is 0 Å². The molecule has 0 aromatic carbocycles. The number of nitrogens with zero attached hydrogens (tertiary/aromatic N) is 6. The third-order valence-electron chi connectivity index (χ3n) is 6.21. The van der Waals surface area contributed by atoms with Crippen molar-refractivity contribution in [3.63, 3.8) is 0 Å². The SMILES string of the molecule is Cc1c(C2CC2)ccc2nc(Cn3cc(C(=O)NCc4ncn5ccc(Br)cc45)cn3)cn12. The van der Waals surface area contributed by atoms with Crippen LogP contribution in [-0.2, 0) is 13.1 Å². The van der Waals surface area contributed by atoms with Gasteiger partial charge in [0, 0.05) is 28.8 Å². The fraction of sp³-hybridized carbons (Fsp3) is 0.250. The van der Waals surface area contributed by atoms with Crippen LogP contribution in [0.1, 0.15) is 51.8 Å². The van der Waals surface area contributed by atoms with Crippen molar-refractivity contribution < 1.29 is 4.79 Å². The number of carbonyl (C=O) groups excluding carboxylic acids is 1. The largest absolute Gasteiger partial charge is 0.346 e. The molecule has 5 aromatic rings. The van der Waals surface area contributed by atoms with Gasteiger partial charge in [-0.2, -0.15) is 5.10 Å². The Kier molecular flexibility index (Phi) is 4.79. The van der Waals surface area contributed by atoms with Gasteiger partial charge in [-0.3, -0.25) is 9.48 Å². The predicted molar refractivity (Wildman–Crippen MR) is 127 cm³/mol. The van der Waals surface area contributed by atoms with Gasteiger partial charge in [0.05, 0.1) is 48.1 Å². The van der Waals surface area contributed by atoms with E-state index in [4.69, 9.17) is 4.98 Å². The number of hydrogen-bond acceptors (Lipinski definition) is 4. The van der Waals surface area contributed by atoms with Crippen LogP contribution < -0.4 is 5.32 Å². The van der Waals surface area contributed by atoms with Gasteiger partial charge in [-0.1, -0.05) is 22.0 Å². The summed E-state index contributed by atoms with van der Waals surface area (Å²) in [4.78, 5) is 21.8. The molecule has 0 spiro atoms. The van der Waals surface area contributed by atoms with Gasteiger partial charge in [-0.05, 0) is 49.4 Å². The summed E-state index contributed by atoms with van der Waals surface area (Å²) >= 11 is 3.48. The lowest BCUT2D eigenvalue weighted by molar-refractivity contribution is 0.0950. The lowest BCUT2D eigenvalue weighted by atomic mass is 10.1. The molecule has 166 valence electrons. The molecule has 5 heterocycles. The number of nitrogens with one attached hydrogen (secondary N) is 1. The van der Waals surface area contributed by atoms with Crippen molar-refractivity contribution in [2.45, 2.75) is 38.8 Å². The lowest BCUT2D eigenvalue weighted by Gasteiger charge is -2.06. The monoisotopic (exact) mass is 503 g/mol. The predicted octanol–water partition coefficient (Wildman–Crippen LogP) is 4.11. The van der Waals surface area contributed by atoms with Crippen molar-refractivity contribution in [3.8, 4) is 0 Å². The molecule has 9 heteroatoms. The van der Waals surface area contributed by atoms with Gasteiger partial charge < -0.3 is 14.1 Å². The van der Waals surface area contributed by atoms with Crippen LogP contribution in [0.4, 0.5) is 0 Å². The van der Waals surface area contributed by atoms with Crippen LogP contribution in [0.5, 0.6) is 0 Å². The Labute approximate surface area is 198 Å². The molecule has 33 heavy (non-hydrogen) atoms. The quantitative estimate of drug-likeness (QED) is 0.378. The normalized spacial score (nSPS) is 13.8. The molecule has 6 rings (SSSR count). The van der Waals surface area contributed by atoms with Crippen molar-refractivity contribution in [2.24, 2.45) is 0 Å². The molecule has 1 N–H and O–H groups in total. The number of fused-ring (bicyclic) bond motifs is 2. The van der Waals surface area contributed by atoms with Crippen LogP contribution in [-0.4, -0.2) is 34.5 Å². The highest BCUT2D eigenvalue weighted by Crippen LogP contribution is 2.41. The Hall–Kier alpha value is -3.46. The Morgan fingerprint density at radius 1 is 1.24 bits per heavy atom. The van der Waals surface area contributed by atoms with Crippen LogP contribution >= 0.6 is 15.9 Å². The number of amides is 1. The first-order chi connectivity index (χ1) is 16.0. The van der Waals surface area contributed by atoms with E-state index in [-0.39, 0.29) is 5.91 Å². The average molecular weight is 504 g/mol. The Bertz CT molecular complexity index is 1510. The highest BCUT2D eigenvalue weighted by atomic mass is 79.9. The second-order valence-corrected chi connectivity index (χ2v) is 9.46. The second-order valence-electron chi connectivity index (χ2n) is 8.55. The number of imidazole rings is 2. The molecule has 5 aromatic heterocycles. The van der Waals surface area contributed by atoms with Crippen LogP contribution in [0, 0.1) is 6.92 Å². The Morgan fingerprint density at radius 2 is 2.12 bits per heavy atom. The van der Waals surface area contributed by atoms with Crippen molar-refractivity contribution >= 4 is 33.0 Å². The van der Waals surface area contributed by atoms with Crippen LogP contribution in [0.25, 0.3) is 11.2 Å². The topological polar surface area (TPSA) is 81.5 Å². The summed E-state index contributed by atoms with van der Waals surface area (Å²) < 4.78 is 6.80. The van der Waals surface area contributed by atoms with E-state index in [2.05, 4.69) is 61.0 Å². The van der Waals surface area contributed by atoms with Gasteiger partial charge in [0.1, 0.15) is 5.65 Å². The zero-order valence-corrected chi connectivity index (χ0v) is 19.7. The zero-order valence-electron chi connectivity index (χ0n) is 18.1. The van der Waals surface area contributed by atoms with Crippen molar-refractivity contribution in [2.75, 3.05) is 0 Å². The van der Waals surface area contributed by atoms with E-state index in [1.165, 1.54) is 24.1 Å². The number of halogens is 1. The summed E-state index contributed by atoms with van der Waals surface area (Å²) in [5.41, 5.74) is 6.80.